The van der Waals surface area contributed by atoms with E-state index in [0.717, 1.165) is 0 Å². The fourth-order valence-corrected chi connectivity index (χ4v) is 2.93. The maximum absolute atomic E-state index is 13.1. The van der Waals surface area contributed by atoms with Crippen LogP contribution >= 0.6 is 0 Å². The van der Waals surface area contributed by atoms with E-state index in [-0.39, 0.29) is 63.5 Å². The van der Waals surface area contributed by atoms with Crippen molar-refractivity contribution in [2.24, 2.45) is 17.2 Å². The fraction of sp³-hybridized carbons (Fsp3) is 0.650. The summed E-state index contributed by atoms with van der Waals surface area (Å²) in [6.45, 7) is 1.66. The van der Waals surface area contributed by atoms with Crippen LogP contribution in [-0.4, -0.2) is 89.0 Å². The summed E-state index contributed by atoms with van der Waals surface area (Å²) < 4.78 is 0. The molecule has 210 valence electrons. The maximum Gasteiger partial charge on any atom is 0.325 e. The van der Waals surface area contributed by atoms with Crippen LogP contribution in [0.2, 0.25) is 0 Å². The number of hydrogen-bond acceptors (Lipinski definition) is 8. The third-order valence-corrected chi connectivity index (χ3v) is 4.97. The summed E-state index contributed by atoms with van der Waals surface area (Å²) in [5.41, 5.74) is 16.2. The first-order valence-corrected chi connectivity index (χ1v) is 11.5. The van der Waals surface area contributed by atoms with E-state index in [1.165, 1.54) is 6.92 Å². The van der Waals surface area contributed by atoms with E-state index in [1.54, 1.807) is 0 Å². The molecule has 0 fully saturated rings. The molecule has 0 aliphatic heterocycles. The predicted molar refractivity (Wildman–Crippen MR) is 132 cm³/mol. The topological polar surface area (TPSA) is 312 Å². The number of amides is 3. The Morgan fingerprint density at radius 3 is 1.59 bits per heavy atom. The Morgan fingerprint density at radius 2 is 1.19 bits per heavy atom. The highest BCUT2D eigenvalue weighted by molar-refractivity contribution is 5.94. The van der Waals surface area contributed by atoms with Crippen molar-refractivity contribution in [2.75, 3.05) is 13.1 Å². The molecule has 0 spiro atoms. The van der Waals surface area contributed by atoms with Crippen molar-refractivity contribution in [1.82, 2.24) is 26.6 Å². The lowest BCUT2D eigenvalue weighted by Crippen LogP contribution is -2.57. The lowest BCUT2D eigenvalue weighted by Gasteiger charge is -2.25. The summed E-state index contributed by atoms with van der Waals surface area (Å²) in [6.07, 6.45) is 0.135. The number of nitrogens with one attached hydrogen (secondary N) is 7. The van der Waals surface area contributed by atoms with Crippen LogP contribution in [0, 0.1) is 10.8 Å². The number of carboxylic acid groups (broad SMARTS) is 2. The lowest BCUT2D eigenvalue weighted by molar-refractivity contribution is -0.142. The van der Waals surface area contributed by atoms with Gasteiger partial charge in [-0.3, -0.25) is 34.8 Å². The van der Waals surface area contributed by atoms with Gasteiger partial charge in [0.1, 0.15) is 18.1 Å². The van der Waals surface area contributed by atoms with Gasteiger partial charge in [0.2, 0.25) is 17.7 Å². The average molecular weight is 531 g/mol. The van der Waals surface area contributed by atoms with Crippen LogP contribution in [0.3, 0.4) is 0 Å². The molecule has 0 saturated carbocycles. The van der Waals surface area contributed by atoms with Crippen LogP contribution in [0.25, 0.3) is 0 Å². The molecule has 0 heterocycles. The fourth-order valence-electron chi connectivity index (χ4n) is 2.93. The molecular formula is C20H38N10O7. The van der Waals surface area contributed by atoms with Crippen LogP contribution in [0.4, 0.5) is 0 Å². The van der Waals surface area contributed by atoms with Gasteiger partial charge in [0.05, 0.1) is 6.04 Å². The number of rotatable bonds is 18. The van der Waals surface area contributed by atoms with Crippen LogP contribution in [0.1, 0.15) is 45.4 Å². The first kappa shape index (κ1) is 32.8. The van der Waals surface area contributed by atoms with Gasteiger partial charge in [-0.2, -0.15) is 0 Å². The van der Waals surface area contributed by atoms with E-state index in [2.05, 4.69) is 26.6 Å². The third-order valence-electron chi connectivity index (χ3n) is 4.97. The van der Waals surface area contributed by atoms with Gasteiger partial charge in [0, 0.05) is 19.5 Å². The van der Waals surface area contributed by atoms with Crippen molar-refractivity contribution in [3.05, 3.63) is 0 Å². The molecule has 15 N–H and O–H groups in total. The van der Waals surface area contributed by atoms with E-state index in [4.69, 9.17) is 38.2 Å². The second-order valence-electron chi connectivity index (χ2n) is 8.20. The molecule has 0 bridgehead atoms. The van der Waals surface area contributed by atoms with Crippen LogP contribution in [0.15, 0.2) is 0 Å². The molecule has 0 aromatic carbocycles. The van der Waals surface area contributed by atoms with Gasteiger partial charge < -0.3 is 54.0 Å². The number of hydrogen-bond donors (Lipinski definition) is 12. The average Bonchev–Trinajstić information content (AvgIpc) is 2.80. The van der Waals surface area contributed by atoms with Gasteiger partial charge in [0.25, 0.3) is 0 Å². The molecule has 0 aromatic rings. The molecule has 37 heavy (non-hydrogen) atoms. The zero-order valence-corrected chi connectivity index (χ0v) is 20.6. The van der Waals surface area contributed by atoms with E-state index in [0.29, 0.717) is 0 Å². The molecule has 0 aromatic heterocycles. The molecule has 0 aliphatic rings. The summed E-state index contributed by atoms with van der Waals surface area (Å²) in [5.74, 6) is -5.30. The van der Waals surface area contributed by atoms with Gasteiger partial charge in [-0.25, -0.2) is 0 Å². The van der Waals surface area contributed by atoms with Crippen molar-refractivity contribution < 1.29 is 34.2 Å². The van der Waals surface area contributed by atoms with E-state index >= 15 is 0 Å². The minimum absolute atomic E-state index is 0.0505. The van der Waals surface area contributed by atoms with Gasteiger partial charge in [-0.1, -0.05) is 0 Å². The number of carbonyl (C=O) groups excluding carboxylic acids is 3. The summed E-state index contributed by atoms with van der Waals surface area (Å²) in [5, 5.41) is 44.6. The van der Waals surface area contributed by atoms with Gasteiger partial charge in [-0.05, 0) is 39.0 Å². The summed E-state index contributed by atoms with van der Waals surface area (Å²) in [4.78, 5) is 60.1. The Hall–Kier alpha value is -4.15. The quantitative estimate of drug-likeness (QED) is 0.0462. The summed E-state index contributed by atoms with van der Waals surface area (Å²) in [6, 6.07) is -4.80. The summed E-state index contributed by atoms with van der Waals surface area (Å²) >= 11 is 0. The first-order valence-electron chi connectivity index (χ1n) is 11.5. The molecule has 17 heteroatoms. The molecule has 4 atom stereocenters. The van der Waals surface area contributed by atoms with E-state index < -0.39 is 53.8 Å². The van der Waals surface area contributed by atoms with Crippen molar-refractivity contribution in [2.45, 2.75) is 69.6 Å². The Kier molecular flexibility index (Phi) is 15.4. The van der Waals surface area contributed by atoms with Crippen molar-refractivity contribution >= 4 is 41.6 Å². The van der Waals surface area contributed by atoms with Gasteiger partial charge in [-0.15, -0.1) is 0 Å². The molecular weight excluding hydrogens is 492 g/mol. The molecule has 0 radical (unpaired) electrons. The minimum Gasteiger partial charge on any atom is -0.481 e. The number of aliphatic carboxylic acids is 2. The Bertz CT molecular complexity index is 838. The van der Waals surface area contributed by atoms with Crippen LogP contribution < -0.4 is 43.8 Å². The van der Waals surface area contributed by atoms with E-state index in [9.17, 15) is 24.0 Å². The normalized spacial score (nSPS) is 13.7. The zero-order chi connectivity index (χ0) is 28.5. The molecule has 0 aliphatic carbocycles. The highest BCUT2D eigenvalue weighted by atomic mass is 16.4. The Balaban J connectivity index is 5.50. The number of carboxylic acids is 2. The second kappa shape index (κ2) is 17.3. The van der Waals surface area contributed by atoms with Crippen LogP contribution in [0.5, 0.6) is 0 Å². The Labute approximate surface area is 213 Å². The monoisotopic (exact) mass is 530 g/mol. The molecule has 3 amide bonds. The van der Waals surface area contributed by atoms with Crippen molar-refractivity contribution in [3.8, 4) is 0 Å². The Morgan fingerprint density at radius 1 is 0.757 bits per heavy atom. The van der Waals surface area contributed by atoms with Gasteiger partial charge >= 0.3 is 11.9 Å². The molecule has 0 saturated heterocycles. The first-order chi connectivity index (χ1) is 17.2. The predicted octanol–water partition coefficient (Wildman–Crippen LogP) is -3.74. The smallest absolute Gasteiger partial charge is 0.325 e. The van der Waals surface area contributed by atoms with Crippen molar-refractivity contribution in [1.29, 1.82) is 10.8 Å². The number of guanidine groups is 2. The lowest BCUT2D eigenvalue weighted by atomic mass is 10.1. The maximum atomic E-state index is 13.1. The van der Waals surface area contributed by atoms with Crippen molar-refractivity contribution in [3.63, 3.8) is 0 Å². The standard InChI is InChI=1S/C20H38N10O7/c1-10(18(36)37)28-16(34)12(4-2-8-26-19(22)23)30-17(35)13(5-3-9-27-20(24)25)29-15(33)11(21)6-7-14(31)32/h10-13H,2-9,21H2,1H3,(H,28,34)(H,29,33)(H,30,35)(H,31,32)(H,36,37)(H4,22,23,26)(H4,24,25,27)/t10-,11-,12-,13-/m0/s1. The SMILES string of the molecule is C[C@H](NC(=O)[C@H](CCCNC(=N)N)NC(=O)[C@H](CCCNC(=N)N)NC(=O)[C@@H](N)CCC(=O)O)C(=O)O. The van der Waals surface area contributed by atoms with Gasteiger partial charge in [0.15, 0.2) is 11.9 Å². The van der Waals surface area contributed by atoms with E-state index in [1.807, 2.05) is 0 Å². The number of nitrogens with two attached hydrogens (primary N) is 3. The minimum atomic E-state index is -1.28. The highest BCUT2D eigenvalue weighted by Crippen LogP contribution is 2.05. The largest absolute Gasteiger partial charge is 0.481 e. The second-order valence-corrected chi connectivity index (χ2v) is 8.20. The van der Waals surface area contributed by atoms with Crippen LogP contribution in [-0.2, 0) is 24.0 Å². The molecule has 0 rings (SSSR count). The zero-order valence-electron chi connectivity index (χ0n) is 20.6. The number of carbonyl (C=O) groups is 5. The third kappa shape index (κ3) is 15.5. The highest BCUT2D eigenvalue weighted by Gasteiger charge is 2.29. The molecule has 17 nitrogen and oxygen atoms in total. The summed E-state index contributed by atoms with van der Waals surface area (Å²) in [7, 11) is 0. The molecule has 0 unspecified atom stereocenters.